The number of carbonyl (C=O) groups is 1. The van der Waals surface area contributed by atoms with E-state index in [-0.39, 0.29) is 19.2 Å². The average molecular weight is 807 g/mol. The minimum atomic E-state index is -0.556. The summed E-state index contributed by atoms with van der Waals surface area (Å²) in [6.45, 7) is 5.21. The fourth-order valence-electron chi connectivity index (χ4n) is 6.84. The molecular formula is C54H94O4. The molecule has 0 amide bonds. The van der Waals surface area contributed by atoms with E-state index in [4.69, 9.17) is 9.47 Å². The Balaban J connectivity index is 3.52. The Bertz CT molecular complexity index is 1030. The van der Waals surface area contributed by atoms with Crippen LogP contribution in [0, 0.1) is 0 Å². The standard InChI is InChI=1S/C54H94O4/c1-3-5-7-9-11-13-15-17-19-21-23-25-26-27-28-29-31-33-35-37-39-41-43-45-47-49-54(56)58-53(51-55)52-57-50-48-46-44-42-40-38-36-34-32-30-24-22-20-18-16-14-12-10-8-6-4-2/h5,7,11,13,17,19,23,25,27-28,31,33,37,39,53,55H,3-4,6,8-10,12,14-16,18,20-22,24,26,29-30,32,34-36,38,40-52H2,1-2H3/b7-5-,13-11-,19-17-,25-23-,28-27-,33-31-,39-37-. The number of hydrogen-bond donors (Lipinski definition) is 1. The van der Waals surface area contributed by atoms with Crippen molar-refractivity contribution in [2.75, 3.05) is 19.8 Å². The van der Waals surface area contributed by atoms with Crippen molar-refractivity contribution < 1.29 is 19.4 Å². The Kier molecular flexibility index (Phi) is 48.6. The molecule has 0 bridgehead atoms. The van der Waals surface area contributed by atoms with Gasteiger partial charge in [0, 0.05) is 13.0 Å². The van der Waals surface area contributed by atoms with Gasteiger partial charge in [0.25, 0.3) is 0 Å². The lowest BCUT2D eigenvalue weighted by Gasteiger charge is -2.15. The molecule has 1 atom stereocenters. The number of aliphatic hydroxyl groups is 1. The van der Waals surface area contributed by atoms with E-state index in [9.17, 15) is 9.90 Å². The van der Waals surface area contributed by atoms with Gasteiger partial charge in [0.1, 0.15) is 6.10 Å². The highest BCUT2D eigenvalue weighted by atomic mass is 16.6. The molecule has 0 heterocycles. The first kappa shape index (κ1) is 55.6. The maximum Gasteiger partial charge on any atom is 0.306 e. The van der Waals surface area contributed by atoms with Crippen molar-refractivity contribution in [2.24, 2.45) is 0 Å². The Hall–Kier alpha value is -2.43. The van der Waals surface area contributed by atoms with Crippen LogP contribution in [0.4, 0.5) is 0 Å². The molecule has 4 heteroatoms. The van der Waals surface area contributed by atoms with E-state index in [1.54, 1.807) is 0 Å². The number of rotatable bonds is 45. The number of ether oxygens (including phenoxy) is 2. The van der Waals surface area contributed by atoms with Crippen LogP contribution in [0.2, 0.25) is 0 Å². The molecule has 334 valence electrons. The molecule has 0 aromatic rings. The molecule has 0 aromatic heterocycles. The molecule has 0 rings (SSSR count). The number of allylic oxidation sites excluding steroid dienone is 14. The second-order valence-corrected chi connectivity index (χ2v) is 16.2. The van der Waals surface area contributed by atoms with Crippen molar-refractivity contribution in [2.45, 2.75) is 232 Å². The van der Waals surface area contributed by atoms with Gasteiger partial charge in [-0.1, -0.05) is 234 Å². The topological polar surface area (TPSA) is 55.8 Å². The largest absolute Gasteiger partial charge is 0.457 e. The van der Waals surface area contributed by atoms with Gasteiger partial charge in [0.15, 0.2) is 0 Å². The molecule has 1 unspecified atom stereocenters. The molecule has 4 nitrogen and oxygen atoms in total. The van der Waals surface area contributed by atoms with Crippen LogP contribution in [0.15, 0.2) is 85.1 Å². The second kappa shape index (κ2) is 50.7. The first-order chi connectivity index (χ1) is 28.7. The van der Waals surface area contributed by atoms with Crippen molar-refractivity contribution in [1.29, 1.82) is 0 Å². The van der Waals surface area contributed by atoms with Crippen LogP contribution in [0.1, 0.15) is 226 Å². The number of aliphatic hydroxyl groups excluding tert-OH is 1. The van der Waals surface area contributed by atoms with Crippen LogP contribution in [-0.2, 0) is 14.3 Å². The Morgan fingerprint density at radius 3 is 1.16 bits per heavy atom. The van der Waals surface area contributed by atoms with E-state index in [0.29, 0.717) is 13.0 Å². The van der Waals surface area contributed by atoms with Gasteiger partial charge in [-0.3, -0.25) is 4.79 Å². The molecule has 0 aromatic carbocycles. The summed E-state index contributed by atoms with van der Waals surface area (Å²) in [5, 5.41) is 9.64. The van der Waals surface area contributed by atoms with E-state index in [1.807, 2.05) is 0 Å². The number of esters is 1. The predicted molar refractivity (Wildman–Crippen MR) is 255 cm³/mol. The average Bonchev–Trinajstić information content (AvgIpc) is 3.23. The molecule has 0 spiro atoms. The summed E-state index contributed by atoms with van der Waals surface area (Å²) in [6.07, 6.45) is 70.9. The highest BCUT2D eigenvalue weighted by Crippen LogP contribution is 2.15. The third-order valence-electron chi connectivity index (χ3n) is 10.5. The highest BCUT2D eigenvalue weighted by molar-refractivity contribution is 5.69. The number of carbonyl (C=O) groups excluding carboxylic acids is 1. The van der Waals surface area contributed by atoms with Gasteiger partial charge >= 0.3 is 5.97 Å². The van der Waals surface area contributed by atoms with Crippen LogP contribution in [0.5, 0.6) is 0 Å². The molecular weight excluding hydrogens is 713 g/mol. The second-order valence-electron chi connectivity index (χ2n) is 16.2. The summed E-state index contributed by atoms with van der Waals surface area (Å²) in [5.74, 6) is -0.232. The van der Waals surface area contributed by atoms with Gasteiger partial charge in [-0.05, 0) is 70.6 Å². The van der Waals surface area contributed by atoms with Gasteiger partial charge in [0.05, 0.1) is 13.2 Å². The summed E-state index contributed by atoms with van der Waals surface area (Å²) in [7, 11) is 0. The van der Waals surface area contributed by atoms with Crippen molar-refractivity contribution in [3.05, 3.63) is 85.1 Å². The molecule has 0 radical (unpaired) electrons. The van der Waals surface area contributed by atoms with E-state index in [2.05, 4.69) is 98.9 Å². The van der Waals surface area contributed by atoms with Crippen LogP contribution in [-0.4, -0.2) is 37.0 Å². The van der Waals surface area contributed by atoms with Crippen LogP contribution >= 0.6 is 0 Å². The lowest BCUT2D eigenvalue weighted by atomic mass is 10.0. The van der Waals surface area contributed by atoms with E-state index >= 15 is 0 Å². The molecule has 58 heavy (non-hydrogen) atoms. The summed E-state index contributed by atoms with van der Waals surface area (Å²) in [4.78, 5) is 12.2. The van der Waals surface area contributed by atoms with Crippen LogP contribution < -0.4 is 0 Å². The maximum absolute atomic E-state index is 12.2. The third kappa shape index (κ3) is 47.9. The van der Waals surface area contributed by atoms with Gasteiger partial charge in [-0.25, -0.2) is 0 Å². The molecule has 0 saturated carbocycles. The smallest absolute Gasteiger partial charge is 0.306 e. The summed E-state index contributed by atoms with van der Waals surface area (Å²) in [6, 6.07) is 0. The fraction of sp³-hybridized carbons (Fsp3) is 0.722. The Morgan fingerprint density at radius 2 is 0.776 bits per heavy atom. The van der Waals surface area contributed by atoms with E-state index in [0.717, 1.165) is 77.0 Å². The zero-order valence-electron chi connectivity index (χ0n) is 38.3. The van der Waals surface area contributed by atoms with Crippen molar-refractivity contribution in [3.8, 4) is 0 Å². The first-order valence-electron chi connectivity index (χ1n) is 24.7. The number of hydrogen-bond acceptors (Lipinski definition) is 4. The Morgan fingerprint density at radius 1 is 0.431 bits per heavy atom. The SMILES string of the molecule is CC/C=C\C/C=C\C/C=C\C/C=C\C/C=C\C/C=C\C/C=C\CCCCCC(=O)OC(CO)COCCCCCCCCCCCCCCCCCCCCCCC. The summed E-state index contributed by atoms with van der Waals surface area (Å²) in [5.41, 5.74) is 0. The minimum absolute atomic E-state index is 0.188. The van der Waals surface area contributed by atoms with Gasteiger partial charge < -0.3 is 14.6 Å². The molecule has 1 N–H and O–H groups in total. The minimum Gasteiger partial charge on any atom is -0.457 e. The lowest BCUT2D eigenvalue weighted by molar-refractivity contribution is -0.154. The zero-order chi connectivity index (χ0) is 41.9. The lowest BCUT2D eigenvalue weighted by Crippen LogP contribution is -2.27. The number of unbranched alkanes of at least 4 members (excludes halogenated alkanes) is 23. The predicted octanol–water partition coefficient (Wildman–Crippen LogP) is 16.7. The van der Waals surface area contributed by atoms with E-state index in [1.165, 1.54) is 128 Å². The normalized spacial score (nSPS) is 13.1. The summed E-state index contributed by atoms with van der Waals surface area (Å²) < 4.78 is 11.2. The van der Waals surface area contributed by atoms with Gasteiger partial charge in [0.2, 0.25) is 0 Å². The molecule has 0 aliphatic carbocycles. The van der Waals surface area contributed by atoms with E-state index < -0.39 is 6.10 Å². The molecule has 0 fully saturated rings. The molecule has 0 aliphatic heterocycles. The van der Waals surface area contributed by atoms with Gasteiger partial charge in [-0.2, -0.15) is 0 Å². The quantitative estimate of drug-likeness (QED) is 0.0378. The van der Waals surface area contributed by atoms with Crippen molar-refractivity contribution >= 4 is 5.97 Å². The van der Waals surface area contributed by atoms with Crippen LogP contribution in [0.3, 0.4) is 0 Å². The summed E-state index contributed by atoms with van der Waals surface area (Å²) >= 11 is 0. The third-order valence-corrected chi connectivity index (χ3v) is 10.5. The van der Waals surface area contributed by atoms with Crippen molar-refractivity contribution in [1.82, 2.24) is 0 Å². The monoisotopic (exact) mass is 807 g/mol. The molecule has 0 saturated heterocycles. The van der Waals surface area contributed by atoms with Crippen molar-refractivity contribution in [3.63, 3.8) is 0 Å². The fourth-order valence-corrected chi connectivity index (χ4v) is 6.84. The maximum atomic E-state index is 12.2. The highest BCUT2D eigenvalue weighted by Gasteiger charge is 2.13. The first-order valence-corrected chi connectivity index (χ1v) is 24.7. The Labute approximate surface area is 360 Å². The molecule has 0 aliphatic rings. The van der Waals surface area contributed by atoms with Gasteiger partial charge in [-0.15, -0.1) is 0 Å². The zero-order valence-corrected chi connectivity index (χ0v) is 38.3. The van der Waals surface area contributed by atoms with Crippen LogP contribution in [0.25, 0.3) is 0 Å².